The standard InChI is InChI=1S/C24H17BrCl2N2O4/c1-32-21-11-16(25)9-15(22(21)33-13-14-7-8-17(26)12-20(14)27)10-19-23(30)28-29(24(19)31)18-5-3-2-4-6-18/h2-12H,13H2,1H3,(H,28,30)/b19-10+. The lowest BCUT2D eigenvalue weighted by Gasteiger charge is -2.15. The van der Waals surface area contributed by atoms with Gasteiger partial charge in [0.05, 0.1) is 12.8 Å². The first-order valence-electron chi connectivity index (χ1n) is 9.74. The second kappa shape index (κ2) is 9.87. The molecule has 0 bridgehead atoms. The zero-order chi connectivity index (χ0) is 23.5. The molecule has 1 heterocycles. The summed E-state index contributed by atoms with van der Waals surface area (Å²) in [5, 5.41) is 2.18. The number of hydrogen-bond donors (Lipinski definition) is 1. The smallest absolute Gasteiger partial charge is 0.282 e. The quantitative estimate of drug-likeness (QED) is 0.312. The van der Waals surface area contributed by atoms with Gasteiger partial charge >= 0.3 is 0 Å². The second-order valence-electron chi connectivity index (χ2n) is 7.03. The zero-order valence-electron chi connectivity index (χ0n) is 17.3. The van der Waals surface area contributed by atoms with E-state index in [0.29, 0.717) is 37.3 Å². The number of carbonyl (C=O) groups is 2. The molecule has 0 unspecified atom stereocenters. The summed E-state index contributed by atoms with van der Waals surface area (Å²) in [4.78, 5) is 25.6. The summed E-state index contributed by atoms with van der Waals surface area (Å²) in [5.74, 6) is -0.212. The number of carbonyl (C=O) groups excluding carboxylic acids is 2. The normalized spacial score (nSPS) is 14.5. The predicted octanol–water partition coefficient (Wildman–Crippen LogP) is 5.80. The molecule has 6 nitrogen and oxygen atoms in total. The number of nitrogens with zero attached hydrogens (tertiary/aromatic N) is 1. The molecule has 33 heavy (non-hydrogen) atoms. The number of methoxy groups -OCH3 is 1. The lowest BCUT2D eigenvalue weighted by molar-refractivity contribution is -0.117. The van der Waals surface area contributed by atoms with Crippen molar-refractivity contribution in [2.75, 3.05) is 12.1 Å². The summed E-state index contributed by atoms with van der Waals surface area (Å²) in [6.07, 6.45) is 1.48. The Labute approximate surface area is 208 Å². The van der Waals surface area contributed by atoms with Crippen LogP contribution in [0.25, 0.3) is 6.08 Å². The highest BCUT2D eigenvalue weighted by molar-refractivity contribution is 9.10. The number of para-hydroxylation sites is 1. The minimum atomic E-state index is -0.519. The Balaban J connectivity index is 1.70. The fraction of sp³-hybridized carbons (Fsp3) is 0.0833. The predicted molar refractivity (Wildman–Crippen MR) is 132 cm³/mol. The molecule has 1 N–H and O–H groups in total. The fourth-order valence-electron chi connectivity index (χ4n) is 3.26. The van der Waals surface area contributed by atoms with Gasteiger partial charge in [0.25, 0.3) is 11.8 Å². The molecular formula is C24H17BrCl2N2O4. The largest absolute Gasteiger partial charge is 0.493 e. The Morgan fingerprint density at radius 2 is 1.82 bits per heavy atom. The number of hydrazine groups is 1. The summed E-state index contributed by atoms with van der Waals surface area (Å²) in [6.45, 7) is 0.125. The van der Waals surface area contributed by atoms with E-state index in [2.05, 4.69) is 21.4 Å². The molecular weight excluding hydrogens is 531 g/mol. The van der Waals surface area contributed by atoms with Crippen LogP contribution in [0.2, 0.25) is 10.0 Å². The van der Waals surface area contributed by atoms with Crippen LogP contribution in [-0.4, -0.2) is 18.9 Å². The van der Waals surface area contributed by atoms with Crippen molar-refractivity contribution in [3.63, 3.8) is 0 Å². The van der Waals surface area contributed by atoms with Crippen LogP contribution in [0.5, 0.6) is 11.5 Å². The number of amides is 2. The Hall–Kier alpha value is -3.00. The molecule has 4 rings (SSSR count). The molecule has 0 atom stereocenters. The van der Waals surface area contributed by atoms with Gasteiger partial charge in [-0.05, 0) is 42.5 Å². The average Bonchev–Trinajstić information content (AvgIpc) is 3.08. The summed E-state index contributed by atoms with van der Waals surface area (Å²) in [5.41, 5.74) is 4.31. The lowest BCUT2D eigenvalue weighted by Crippen LogP contribution is -2.35. The first-order chi connectivity index (χ1) is 15.9. The fourth-order valence-corrected chi connectivity index (χ4v) is 4.18. The van der Waals surface area contributed by atoms with E-state index in [0.717, 1.165) is 5.56 Å². The van der Waals surface area contributed by atoms with Gasteiger partial charge in [-0.3, -0.25) is 15.0 Å². The van der Waals surface area contributed by atoms with Crippen LogP contribution < -0.4 is 19.9 Å². The highest BCUT2D eigenvalue weighted by Gasteiger charge is 2.34. The third kappa shape index (κ3) is 5.00. The van der Waals surface area contributed by atoms with Crippen molar-refractivity contribution in [2.24, 2.45) is 0 Å². The van der Waals surface area contributed by atoms with Crippen LogP contribution in [-0.2, 0) is 16.2 Å². The number of nitrogens with one attached hydrogen (secondary N) is 1. The van der Waals surface area contributed by atoms with Crippen molar-refractivity contribution < 1.29 is 19.1 Å². The summed E-state index contributed by atoms with van der Waals surface area (Å²) < 4.78 is 12.2. The van der Waals surface area contributed by atoms with E-state index in [4.69, 9.17) is 32.7 Å². The molecule has 3 aromatic carbocycles. The molecule has 0 aromatic heterocycles. The number of anilines is 1. The minimum Gasteiger partial charge on any atom is -0.493 e. The maximum absolute atomic E-state index is 13.0. The molecule has 1 saturated heterocycles. The molecule has 0 saturated carbocycles. The van der Waals surface area contributed by atoms with Crippen molar-refractivity contribution in [3.8, 4) is 11.5 Å². The van der Waals surface area contributed by atoms with Crippen molar-refractivity contribution in [1.29, 1.82) is 0 Å². The van der Waals surface area contributed by atoms with Crippen molar-refractivity contribution >= 4 is 62.7 Å². The van der Waals surface area contributed by atoms with Gasteiger partial charge in [-0.15, -0.1) is 0 Å². The Morgan fingerprint density at radius 3 is 2.52 bits per heavy atom. The van der Waals surface area contributed by atoms with E-state index < -0.39 is 11.8 Å². The Kier molecular flexibility index (Phi) is 6.93. The maximum atomic E-state index is 13.0. The molecule has 0 aliphatic carbocycles. The number of rotatable bonds is 6. The van der Waals surface area contributed by atoms with E-state index in [-0.39, 0.29) is 12.2 Å². The van der Waals surface area contributed by atoms with Gasteiger partial charge in [-0.2, -0.15) is 0 Å². The highest BCUT2D eigenvalue weighted by atomic mass is 79.9. The Morgan fingerprint density at radius 1 is 1.06 bits per heavy atom. The van der Waals surface area contributed by atoms with E-state index in [9.17, 15) is 9.59 Å². The van der Waals surface area contributed by atoms with Gasteiger partial charge in [-0.1, -0.05) is 63.4 Å². The molecule has 1 aliphatic rings. The van der Waals surface area contributed by atoms with Crippen molar-refractivity contribution in [2.45, 2.75) is 6.61 Å². The van der Waals surface area contributed by atoms with Crippen LogP contribution >= 0.6 is 39.1 Å². The molecule has 9 heteroatoms. The molecule has 1 fully saturated rings. The monoisotopic (exact) mass is 546 g/mol. The molecule has 1 aliphatic heterocycles. The first-order valence-corrected chi connectivity index (χ1v) is 11.3. The Bertz CT molecular complexity index is 1260. The SMILES string of the molecule is COc1cc(Br)cc(/C=C2\C(=O)NN(c3ccccc3)C2=O)c1OCc1ccc(Cl)cc1Cl. The lowest BCUT2D eigenvalue weighted by atomic mass is 10.1. The van der Waals surface area contributed by atoms with Crippen molar-refractivity contribution in [1.82, 2.24) is 5.43 Å². The van der Waals surface area contributed by atoms with E-state index >= 15 is 0 Å². The molecule has 3 aromatic rings. The molecule has 168 valence electrons. The first kappa shape index (κ1) is 23.2. The molecule has 0 radical (unpaired) electrons. The number of hydrogen-bond acceptors (Lipinski definition) is 4. The van der Waals surface area contributed by atoms with Crippen molar-refractivity contribution in [3.05, 3.63) is 91.9 Å². The number of halogens is 3. The van der Waals surface area contributed by atoms with Crippen LogP contribution in [0, 0.1) is 0 Å². The van der Waals surface area contributed by atoms with E-state index in [1.807, 2.05) is 6.07 Å². The third-order valence-corrected chi connectivity index (χ3v) is 5.91. The molecule has 0 spiro atoms. The summed E-state index contributed by atoms with van der Waals surface area (Å²) >= 11 is 15.7. The van der Waals surface area contributed by atoms with Crippen LogP contribution in [0.15, 0.2) is 70.7 Å². The van der Waals surface area contributed by atoms with E-state index in [1.54, 1.807) is 54.6 Å². The van der Waals surface area contributed by atoms with Crippen LogP contribution in [0.1, 0.15) is 11.1 Å². The van der Waals surface area contributed by atoms with Gasteiger partial charge in [0.1, 0.15) is 12.2 Å². The van der Waals surface area contributed by atoms with Crippen LogP contribution in [0.4, 0.5) is 5.69 Å². The van der Waals surface area contributed by atoms with Gasteiger partial charge in [0.15, 0.2) is 11.5 Å². The zero-order valence-corrected chi connectivity index (χ0v) is 20.4. The maximum Gasteiger partial charge on any atom is 0.282 e. The third-order valence-electron chi connectivity index (χ3n) is 4.86. The number of ether oxygens (including phenoxy) is 2. The highest BCUT2D eigenvalue weighted by Crippen LogP contribution is 2.38. The topological polar surface area (TPSA) is 67.9 Å². The van der Waals surface area contributed by atoms with Gasteiger partial charge in [-0.25, -0.2) is 5.01 Å². The number of benzene rings is 3. The van der Waals surface area contributed by atoms with Gasteiger partial charge in [0.2, 0.25) is 0 Å². The van der Waals surface area contributed by atoms with Gasteiger partial charge < -0.3 is 9.47 Å². The second-order valence-corrected chi connectivity index (χ2v) is 8.79. The summed E-state index contributed by atoms with van der Waals surface area (Å²) in [7, 11) is 1.51. The van der Waals surface area contributed by atoms with Gasteiger partial charge in [0, 0.05) is 25.6 Å². The summed E-state index contributed by atoms with van der Waals surface area (Å²) in [6, 6.07) is 17.4. The average molecular weight is 548 g/mol. The van der Waals surface area contributed by atoms with E-state index in [1.165, 1.54) is 18.2 Å². The minimum absolute atomic E-state index is 0.0339. The molecule has 2 amide bonds. The van der Waals surface area contributed by atoms with Crippen LogP contribution in [0.3, 0.4) is 0 Å².